The Bertz CT molecular complexity index is 899. The van der Waals surface area contributed by atoms with Crippen molar-refractivity contribution in [1.29, 1.82) is 0 Å². The first-order valence-electron chi connectivity index (χ1n) is 8.26. The van der Waals surface area contributed by atoms with Crippen LogP contribution in [0.3, 0.4) is 0 Å². The van der Waals surface area contributed by atoms with Crippen LogP contribution < -0.4 is 11.1 Å². The number of rotatable bonds is 7. The van der Waals surface area contributed by atoms with Crippen LogP contribution in [-0.4, -0.2) is 22.5 Å². The second-order valence-electron chi connectivity index (χ2n) is 6.24. The Balaban J connectivity index is 2.06. The molecule has 0 aliphatic rings. The summed E-state index contributed by atoms with van der Waals surface area (Å²) in [6.45, 7) is 5.87. The first-order chi connectivity index (χ1) is 12.7. The third-order valence-corrected chi connectivity index (χ3v) is 5.14. The van der Waals surface area contributed by atoms with Gasteiger partial charge in [0.2, 0.25) is 11.8 Å². The Hall–Kier alpha value is -2.87. The van der Waals surface area contributed by atoms with Crippen LogP contribution in [0.15, 0.2) is 41.3 Å². The average Bonchev–Trinajstić information content (AvgIpc) is 2.61. The number of hydrogen-bond donors (Lipinski definition) is 2. The zero-order valence-corrected chi connectivity index (χ0v) is 16.1. The van der Waals surface area contributed by atoms with Gasteiger partial charge in [0.1, 0.15) is 0 Å². The number of amides is 2. The summed E-state index contributed by atoms with van der Waals surface area (Å²) in [5, 5.41) is 14.1. The minimum Gasteiger partial charge on any atom is -0.366 e. The second kappa shape index (κ2) is 8.68. The summed E-state index contributed by atoms with van der Waals surface area (Å²) in [4.78, 5) is 34.4. The van der Waals surface area contributed by atoms with E-state index in [0.29, 0.717) is 4.90 Å². The first kappa shape index (κ1) is 20.4. The summed E-state index contributed by atoms with van der Waals surface area (Å²) in [7, 11) is 0. The van der Waals surface area contributed by atoms with Gasteiger partial charge in [-0.3, -0.25) is 19.7 Å². The number of carbonyl (C=O) groups is 2. The molecule has 0 heterocycles. The molecule has 0 aliphatic heterocycles. The van der Waals surface area contributed by atoms with Gasteiger partial charge in [-0.2, -0.15) is 0 Å². The highest BCUT2D eigenvalue weighted by molar-refractivity contribution is 8.00. The van der Waals surface area contributed by atoms with Crippen LogP contribution in [0.5, 0.6) is 0 Å². The lowest BCUT2D eigenvalue weighted by Crippen LogP contribution is -2.28. The number of nitrogens with one attached hydrogen (secondary N) is 1. The fourth-order valence-electron chi connectivity index (χ4n) is 2.67. The van der Waals surface area contributed by atoms with E-state index < -0.39 is 10.8 Å². The summed E-state index contributed by atoms with van der Waals surface area (Å²) < 4.78 is 0. The summed E-state index contributed by atoms with van der Waals surface area (Å²) >= 11 is 1.04. The molecule has 0 bridgehead atoms. The van der Waals surface area contributed by atoms with Gasteiger partial charge in [0, 0.05) is 11.6 Å². The molecule has 0 saturated carbocycles. The fourth-order valence-corrected chi connectivity index (χ4v) is 3.48. The van der Waals surface area contributed by atoms with Gasteiger partial charge in [-0.1, -0.05) is 23.8 Å². The molecular formula is C19H21N3O4S. The van der Waals surface area contributed by atoms with Crippen molar-refractivity contribution in [1.82, 2.24) is 5.32 Å². The number of nitro benzene ring substituents is 1. The predicted octanol–water partition coefficient (Wildman–Crippen LogP) is 3.28. The van der Waals surface area contributed by atoms with E-state index in [2.05, 4.69) is 5.32 Å². The summed E-state index contributed by atoms with van der Waals surface area (Å²) in [6.07, 6.45) is 0. The maximum atomic E-state index is 12.3. The van der Waals surface area contributed by atoms with Crippen LogP contribution in [0.2, 0.25) is 0 Å². The molecule has 1 atom stereocenters. The Morgan fingerprint density at radius 3 is 2.56 bits per heavy atom. The SMILES string of the molecule is Cc1ccc(C)c(C(C)NC(=O)CSc2ccc(C(N)=O)cc2[N+](=O)[O-])c1. The first-order valence-corrected chi connectivity index (χ1v) is 9.25. The molecule has 142 valence electrons. The zero-order chi connectivity index (χ0) is 20.1. The van der Waals surface area contributed by atoms with Crippen LogP contribution in [-0.2, 0) is 4.79 Å². The predicted molar refractivity (Wildman–Crippen MR) is 105 cm³/mol. The van der Waals surface area contributed by atoms with E-state index in [-0.39, 0.29) is 29.0 Å². The summed E-state index contributed by atoms with van der Waals surface area (Å²) in [6, 6.07) is 9.84. The number of benzene rings is 2. The number of primary amides is 1. The van der Waals surface area contributed by atoms with E-state index in [0.717, 1.165) is 34.5 Å². The Morgan fingerprint density at radius 2 is 1.93 bits per heavy atom. The molecule has 0 radical (unpaired) electrons. The normalized spacial score (nSPS) is 11.7. The van der Waals surface area contributed by atoms with E-state index in [9.17, 15) is 19.7 Å². The molecular weight excluding hydrogens is 366 g/mol. The van der Waals surface area contributed by atoms with E-state index >= 15 is 0 Å². The van der Waals surface area contributed by atoms with E-state index in [1.807, 2.05) is 39.0 Å². The number of carbonyl (C=O) groups excluding carboxylic acids is 2. The molecule has 3 N–H and O–H groups in total. The van der Waals surface area contributed by atoms with Crippen molar-refractivity contribution >= 4 is 29.3 Å². The van der Waals surface area contributed by atoms with Crippen LogP contribution in [0.1, 0.15) is 40.0 Å². The van der Waals surface area contributed by atoms with Gasteiger partial charge in [0.05, 0.1) is 21.6 Å². The van der Waals surface area contributed by atoms with Crippen molar-refractivity contribution in [3.8, 4) is 0 Å². The highest BCUT2D eigenvalue weighted by atomic mass is 32.2. The van der Waals surface area contributed by atoms with Gasteiger partial charge < -0.3 is 11.1 Å². The second-order valence-corrected chi connectivity index (χ2v) is 7.26. The molecule has 0 aliphatic carbocycles. The third-order valence-electron chi connectivity index (χ3n) is 4.08. The molecule has 0 saturated heterocycles. The highest BCUT2D eigenvalue weighted by Crippen LogP contribution is 2.30. The monoisotopic (exact) mass is 387 g/mol. The van der Waals surface area contributed by atoms with Gasteiger partial charge in [-0.05, 0) is 44.0 Å². The summed E-state index contributed by atoms with van der Waals surface area (Å²) in [5.74, 6) is -0.956. The molecule has 2 rings (SSSR count). The minimum atomic E-state index is -0.741. The fraction of sp³-hybridized carbons (Fsp3) is 0.263. The average molecular weight is 387 g/mol. The molecule has 0 fully saturated rings. The topological polar surface area (TPSA) is 115 Å². The number of aryl methyl sites for hydroxylation is 2. The van der Waals surface area contributed by atoms with Gasteiger partial charge in [-0.15, -0.1) is 11.8 Å². The molecule has 27 heavy (non-hydrogen) atoms. The van der Waals surface area contributed by atoms with Crippen LogP contribution in [0, 0.1) is 24.0 Å². The number of nitrogens with two attached hydrogens (primary N) is 1. The van der Waals surface area contributed by atoms with Gasteiger partial charge in [-0.25, -0.2) is 0 Å². The lowest BCUT2D eigenvalue weighted by molar-refractivity contribution is -0.387. The highest BCUT2D eigenvalue weighted by Gasteiger charge is 2.19. The molecule has 2 aromatic carbocycles. The third kappa shape index (κ3) is 5.30. The Labute approximate surface area is 161 Å². The Kier molecular flexibility index (Phi) is 6.57. The van der Waals surface area contributed by atoms with E-state index in [4.69, 9.17) is 5.73 Å². The van der Waals surface area contributed by atoms with Crippen molar-refractivity contribution in [2.24, 2.45) is 5.73 Å². The zero-order valence-electron chi connectivity index (χ0n) is 15.3. The largest absolute Gasteiger partial charge is 0.366 e. The molecule has 0 aromatic heterocycles. The summed E-state index contributed by atoms with van der Waals surface area (Å²) in [5.41, 5.74) is 8.19. The number of nitrogens with zero attached hydrogens (tertiary/aromatic N) is 1. The van der Waals surface area contributed by atoms with Crippen LogP contribution in [0.25, 0.3) is 0 Å². The molecule has 2 aromatic rings. The van der Waals surface area contributed by atoms with Crippen molar-refractivity contribution in [3.63, 3.8) is 0 Å². The molecule has 0 spiro atoms. The molecule has 1 unspecified atom stereocenters. The Morgan fingerprint density at radius 1 is 1.22 bits per heavy atom. The smallest absolute Gasteiger partial charge is 0.283 e. The van der Waals surface area contributed by atoms with Crippen LogP contribution >= 0.6 is 11.8 Å². The van der Waals surface area contributed by atoms with Gasteiger partial charge in [0.15, 0.2) is 0 Å². The number of nitro groups is 1. The van der Waals surface area contributed by atoms with Gasteiger partial charge >= 0.3 is 0 Å². The molecule has 8 heteroatoms. The standard InChI is InChI=1S/C19H21N3O4S/c1-11-4-5-12(2)15(8-11)13(3)21-18(23)10-27-17-7-6-14(19(20)24)9-16(17)22(25)26/h4-9,13H,10H2,1-3H3,(H2,20,24)(H,21,23). The number of hydrogen-bond acceptors (Lipinski definition) is 5. The van der Waals surface area contributed by atoms with Gasteiger partial charge in [0.25, 0.3) is 5.69 Å². The maximum absolute atomic E-state index is 12.3. The lowest BCUT2D eigenvalue weighted by atomic mass is 10.00. The van der Waals surface area contributed by atoms with Crippen molar-refractivity contribution < 1.29 is 14.5 Å². The van der Waals surface area contributed by atoms with E-state index in [1.165, 1.54) is 12.1 Å². The van der Waals surface area contributed by atoms with Crippen molar-refractivity contribution in [3.05, 3.63) is 68.8 Å². The minimum absolute atomic E-state index is 0.0198. The maximum Gasteiger partial charge on any atom is 0.283 e. The van der Waals surface area contributed by atoms with E-state index in [1.54, 1.807) is 0 Å². The molecule has 7 nitrogen and oxygen atoms in total. The number of thioether (sulfide) groups is 1. The van der Waals surface area contributed by atoms with Crippen molar-refractivity contribution in [2.75, 3.05) is 5.75 Å². The van der Waals surface area contributed by atoms with Crippen LogP contribution in [0.4, 0.5) is 5.69 Å². The molecule has 2 amide bonds. The van der Waals surface area contributed by atoms with Crippen molar-refractivity contribution in [2.45, 2.75) is 31.7 Å². The lowest BCUT2D eigenvalue weighted by Gasteiger charge is -2.17. The quantitative estimate of drug-likeness (QED) is 0.430.